The number of carboxylic acid groups (broad SMARTS) is 1. The molecule has 0 spiro atoms. The van der Waals surface area contributed by atoms with Crippen molar-refractivity contribution in [2.75, 3.05) is 0 Å². The molecular weight excluding hydrogens is 544 g/mol. The van der Waals surface area contributed by atoms with Crippen LogP contribution in [0.5, 0.6) is 0 Å². The average Bonchev–Trinajstić information content (AvgIpc) is 3.50. The Morgan fingerprint density at radius 3 is 2.38 bits per heavy atom. The second-order valence-corrected chi connectivity index (χ2v) is 10.7. The third kappa shape index (κ3) is 5.46. The van der Waals surface area contributed by atoms with E-state index in [1.807, 2.05) is 91.1 Å². The fourth-order valence-corrected chi connectivity index (χ4v) is 5.88. The van der Waals surface area contributed by atoms with Gasteiger partial charge in [0.15, 0.2) is 5.17 Å². The van der Waals surface area contributed by atoms with Crippen LogP contribution in [0.3, 0.4) is 0 Å². The van der Waals surface area contributed by atoms with Crippen molar-refractivity contribution in [3.05, 3.63) is 142 Å². The van der Waals surface area contributed by atoms with Gasteiger partial charge in [-0.1, -0.05) is 66.7 Å². The lowest BCUT2D eigenvalue weighted by Crippen LogP contribution is -2.28. The van der Waals surface area contributed by atoms with Crippen molar-refractivity contribution < 1.29 is 14.7 Å². The normalized spacial score (nSPS) is 15.0. The van der Waals surface area contributed by atoms with E-state index < -0.39 is 5.97 Å². The molecular formula is C34H24N4O3S. The maximum Gasteiger partial charge on any atom is 0.335 e. The van der Waals surface area contributed by atoms with Crippen molar-refractivity contribution in [3.63, 3.8) is 0 Å². The highest BCUT2D eigenvalue weighted by Crippen LogP contribution is 2.36. The van der Waals surface area contributed by atoms with Gasteiger partial charge in [0.2, 0.25) is 0 Å². The zero-order valence-electron chi connectivity index (χ0n) is 22.3. The summed E-state index contributed by atoms with van der Waals surface area (Å²) in [5.41, 5.74) is 5.16. The number of thioether (sulfide) groups is 1. The van der Waals surface area contributed by atoms with Crippen molar-refractivity contribution in [1.29, 1.82) is 5.26 Å². The molecule has 8 heteroatoms. The summed E-state index contributed by atoms with van der Waals surface area (Å²) in [7, 11) is 0. The quantitative estimate of drug-likeness (QED) is 0.212. The van der Waals surface area contributed by atoms with E-state index >= 15 is 0 Å². The monoisotopic (exact) mass is 568 g/mol. The minimum absolute atomic E-state index is 0.177. The topological polar surface area (TPSA) is 98.7 Å². The van der Waals surface area contributed by atoms with E-state index in [0.717, 1.165) is 33.3 Å². The lowest BCUT2D eigenvalue weighted by atomic mass is 10.1. The van der Waals surface area contributed by atoms with Crippen molar-refractivity contribution in [1.82, 2.24) is 9.47 Å². The molecule has 42 heavy (non-hydrogen) atoms. The molecule has 7 nitrogen and oxygen atoms in total. The van der Waals surface area contributed by atoms with Gasteiger partial charge in [0, 0.05) is 29.2 Å². The number of carbonyl (C=O) groups is 2. The van der Waals surface area contributed by atoms with Gasteiger partial charge in [0.1, 0.15) is 0 Å². The molecule has 1 fully saturated rings. The SMILES string of the molecule is N#Cc1ccccc1Cn1cc(C=C2SC(=Nc3ccccc3)N(Cc3ccc(C(=O)O)cc3)C2=O)c2ccccc21. The van der Waals surface area contributed by atoms with Gasteiger partial charge in [-0.05, 0) is 65.4 Å². The van der Waals surface area contributed by atoms with Crippen LogP contribution in [0, 0.1) is 11.3 Å². The smallest absolute Gasteiger partial charge is 0.335 e. The number of carboxylic acids is 1. The molecule has 5 aromatic rings. The van der Waals surface area contributed by atoms with Gasteiger partial charge in [-0.25, -0.2) is 9.79 Å². The van der Waals surface area contributed by atoms with E-state index in [-0.39, 0.29) is 18.0 Å². The number of carbonyl (C=O) groups excluding carboxylic acids is 1. The van der Waals surface area contributed by atoms with Gasteiger partial charge in [-0.2, -0.15) is 5.26 Å². The van der Waals surface area contributed by atoms with Crippen LogP contribution >= 0.6 is 11.8 Å². The van der Waals surface area contributed by atoms with Crippen LogP contribution in [0.4, 0.5) is 5.69 Å². The maximum absolute atomic E-state index is 13.8. The molecule has 0 atom stereocenters. The third-order valence-electron chi connectivity index (χ3n) is 7.00. The summed E-state index contributed by atoms with van der Waals surface area (Å²) in [6.07, 6.45) is 3.91. The van der Waals surface area contributed by atoms with E-state index in [9.17, 15) is 20.0 Å². The predicted octanol–water partition coefficient (Wildman–Crippen LogP) is 7.06. The number of aliphatic imine (C=N–C) groups is 1. The van der Waals surface area contributed by atoms with Crippen LogP contribution in [0.1, 0.15) is 32.6 Å². The number of amidine groups is 1. The third-order valence-corrected chi connectivity index (χ3v) is 8.00. The summed E-state index contributed by atoms with van der Waals surface area (Å²) in [4.78, 5) is 32.1. The second-order valence-electron chi connectivity index (χ2n) is 9.73. The van der Waals surface area contributed by atoms with Gasteiger partial charge < -0.3 is 9.67 Å². The Labute approximate surface area is 246 Å². The Hall–Kier alpha value is -5.39. The highest BCUT2D eigenvalue weighted by Gasteiger charge is 2.34. The van der Waals surface area contributed by atoms with E-state index in [1.165, 1.54) is 23.9 Å². The summed E-state index contributed by atoms with van der Waals surface area (Å²) in [5.74, 6) is -1.18. The molecule has 1 N–H and O–H groups in total. The highest BCUT2D eigenvalue weighted by atomic mass is 32.2. The van der Waals surface area contributed by atoms with Crippen LogP contribution < -0.4 is 0 Å². The highest BCUT2D eigenvalue weighted by molar-refractivity contribution is 8.18. The molecule has 0 bridgehead atoms. The number of nitriles is 1. The fraction of sp³-hybridized carbons (Fsp3) is 0.0588. The van der Waals surface area contributed by atoms with E-state index in [1.54, 1.807) is 17.0 Å². The summed E-state index contributed by atoms with van der Waals surface area (Å²) >= 11 is 1.31. The van der Waals surface area contributed by atoms with E-state index in [2.05, 4.69) is 10.6 Å². The first kappa shape index (κ1) is 26.8. The van der Waals surface area contributed by atoms with Crippen LogP contribution in [-0.4, -0.2) is 31.6 Å². The number of para-hydroxylation sites is 2. The lowest BCUT2D eigenvalue weighted by molar-refractivity contribution is -0.122. The van der Waals surface area contributed by atoms with Gasteiger partial charge in [-0.15, -0.1) is 0 Å². The van der Waals surface area contributed by atoms with Crippen LogP contribution in [-0.2, 0) is 17.9 Å². The Kier molecular flexibility index (Phi) is 7.41. The fourth-order valence-electron chi connectivity index (χ4n) is 4.89. The van der Waals surface area contributed by atoms with Gasteiger partial charge >= 0.3 is 5.97 Å². The van der Waals surface area contributed by atoms with Crippen LogP contribution in [0.15, 0.2) is 119 Å². The van der Waals surface area contributed by atoms with Crippen LogP contribution in [0.25, 0.3) is 17.0 Å². The van der Waals surface area contributed by atoms with E-state index in [4.69, 9.17) is 4.99 Å². The van der Waals surface area contributed by atoms with Gasteiger partial charge in [0.05, 0.1) is 34.3 Å². The number of benzene rings is 4. The molecule has 0 unspecified atom stereocenters. The molecule has 1 amide bonds. The van der Waals surface area contributed by atoms with Gasteiger partial charge in [0.25, 0.3) is 5.91 Å². The first-order valence-corrected chi connectivity index (χ1v) is 14.0. The lowest BCUT2D eigenvalue weighted by Gasteiger charge is -2.16. The number of hydrogen-bond acceptors (Lipinski definition) is 5. The largest absolute Gasteiger partial charge is 0.478 e. The first-order valence-electron chi connectivity index (χ1n) is 13.2. The summed E-state index contributed by atoms with van der Waals surface area (Å²) in [6, 6.07) is 33.8. The van der Waals surface area contributed by atoms with Crippen molar-refractivity contribution >= 4 is 51.5 Å². The number of fused-ring (bicyclic) bond motifs is 1. The molecule has 1 saturated heterocycles. The minimum atomic E-state index is -0.999. The molecule has 0 radical (unpaired) electrons. The van der Waals surface area contributed by atoms with E-state index in [0.29, 0.717) is 22.2 Å². The molecule has 1 aliphatic rings. The molecule has 1 aliphatic heterocycles. The standard InChI is InChI=1S/C34H24N4O3S/c35-19-25-8-4-5-9-26(25)21-37-22-27(29-12-6-7-13-30(29)37)18-31-32(39)38(20-23-14-16-24(17-15-23)33(40)41)34(42-31)36-28-10-2-1-3-11-28/h1-18,22H,20-21H2,(H,40,41). The zero-order valence-corrected chi connectivity index (χ0v) is 23.2. The number of aromatic carboxylic acids is 1. The van der Waals surface area contributed by atoms with Gasteiger partial charge in [-0.3, -0.25) is 9.69 Å². The number of amides is 1. The Balaban J connectivity index is 1.38. The number of nitrogens with zero attached hydrogens (tertiary/aromatic N) is 4. The summed E-state index contributed by atoms with van der Waals surface area (Å²) in [5, 5.41) is 20.4. The molecule has 0 saturated carbocycles. The van der Waals surface area contributed by atoms with Crippen molar-refractivity contribution in [2.45, 2.75) is 13.1 Å². The van der Waals surface area contributed by atoms with Crippen molar-refractivity contribution in [3.8, 4) is 6.07 Å². The minimum Gasteiger partial charge on any atom is -0.478 e. The zero-order chi connectivity index (χ0) is 29.1. The second kappa shape index (κ2) is 11.6. The number of hydrogen-bond donors (Lipinski definition) is 1. The number of aromatic nitrogens is 1. The summed E-state index contributed by atoms with van der Waals surface area (Å²) < 4.78 is 2.10. The first-order chi connectivity index (χ1) is 20.5. The Bertz CT molecular complexity index is 1920. The summed E-state index contributed by atoms with van der Waals surface area (Å²) in [6.45, 7) is 0.773. The Morgan fingerprint density at radius 1 is 0.905 bits per heavy atom. The molecule has 6 rings (SSSR count). The van der Waals surface area contributed by atoms with Crippen molar-refractivity contribution in [2.24, 2.45) is 4.99 Å². The maximum atomic E-state index is 13.8. The van der Waals surface area contributed by atoms with Crippen LogP contribution in [0.2, 0.25) is 0 Å². The molecule has 4 aromatic carbocycles. The molecule has 1 aromatic heterocycles. The molecule has 2 heterocycles. The Morgan fingerprint density at radius 2 is 1.62 bits per heavy atom. The molecule has 0 aliphatic carbocycles. The predicted molar refractivity (Wildman–Crippen MR) is 165 cm³/mol. The molecule has 204 valence electrons. The average molecular weight is 569 g/mol. The number of rotatable bonds is 7.